The third-order valence-electron chi connectivity index (χ3n) is 3.44. The molecule has 0 aliphatic carbocycles. The third-order valence-corrected chi connectivity index (χ3v) is 3.44. The highest BCUT2D eigenvalue weighted by Gasteiger charge is 2.25. The molecule has 1 saturated heterocycles. The molecule has 5 nitrogen and oxygen atoms in total. The molecule has 18 heavy (non-hydrogen) atoms. The van der Waals surface area contributed by atoms with Gasteiger partial charge in [-0.1, -0.05) is 13.3 Å². The maximum atomic E-state index is 11.9. The molecule has 1 aliphatic rings. The zero-order chi connectivity index (χ0) is 13.5. The van der Waals surface area contributed by atoms with Crippen molar-refractivity contribution in [1.82, 2.24) is 10.2 Å². The van der Waals surface area contributed by atoms with Gasteiger partial charge in [-0.15, -0.1) is 0 Å². The van der Waals surface area contributed by atoms with E-state index in [0.717, 1.165) is 19.3 Å². The fourth-order valence-electron chi connectivity index (χ4n) is 2.25. The van der Waals surface area contributed by atoms with Crippen LogP contribution < -0.4 is 5.32 Å². The van der Waals surface area contributed by atoms with Crippen LogP contribution in [0, 0.1) is 5.92 Å². The van der Waals surface area contributed by atoms with Crippen LogP contribution in [0.3, 0.4) is 0 Å². The minimum absolute atomic E-state index is 0.00774. The highest BCUT2D eigenvalue weighted by molar-refractivity contribution is 5.79. The predicted molar refractivity (Wildman–Crippen MR) is 68.9 cm³/mol. The first-order valence-electron chi connectivity index (χ1n) is 6.75. The van der Waals surface area contributed by atoms with Crippen molar-refractivity contribution in [2.75, 3.05) is 19.6 Å². The normalized spacial score (nSPS) is 18.5. The Morgan fingerprint density at radius 2 is 2.00 bits per heavy atom. The second-order valence-electron chi connectivity index (χ2n) is 4.97. The summed E-state index contributed by atoms with van der Waals surface area (Å²) in [5, 5.41) is 12.3. The van der Waals surface area contributed by atoms with Gasteiger partial charge >= 0.3 is 0 Å². The molecular formula is C13H24N2O3. The fourth-order valence-corrected chi connectivity index (χ4v) is 2.25. The topological polar surface area (TPSA) is 69.6 Å². The number of likely N-dealkylation sites (tertiary alicyclic amines) is 1. The number of hydrogen-bond donors (Lipinski definition) is 2. The van der Waals surface area contributed by atoms with Gasteiger partial charge in [0, 0.05) is 32.5 Å². The molecule has 1 aliphatic heterocycles. The Kier molecular flexibility index (Phi) is 6.12. The van der Waals surface area contributed by atoms with Crippen molar-refractivity contribution in [3.63, 3.8) is 0 Å². The SMILES string of the molecule is CCCC(O)CNC(=O)C1CCN(C(C)=O)CC1. The van der Waals surface area contributed by atoms with Crippen LogP contribution in [0.1, 0.15) is 39.5 Å². The van der Waals surface area contributed by atoms with Gasteiger partial charge in [0.2, 0.25) is 11.8 Å². The first kappa shape index (κ1) is 15.0. The molecule has 0 spiro atoms. The van der Waals surface area contributed by atoms with E-state index in [2.05, 4.69) is 5.32 Å². The summed E-state index contributed by atoms with van der Waals surface area (Å²) in [7, 11) is 0. The summed E-state index contributed by atoms with van der Waals surface area (Å²) in [6, 6.07) is 0. The van der Waals surface area contributed by atoms with E-state index in [9.17, 15) is 14.7 Å². The summed E-state index contributed by atoms with van der Waals surface area (Å²) in [5.74, 6) is 0.0648. The second-order valence-corrected chi connectivity index (χ2v) is 4.97. The lowest BCUT2D eigenvalue weighted by molar-refractivity contribution is -0.134. The second kappa shape index (κ2) is 7.36. The summed E-state index contributed by atoms with van der Waals surface area (Å²) in [6.07, 6.45) is 2.61. The van der Waals surface area contributed by atoms with Crippen molar-refractivity contribution in [3.8, 4) is 0 Å². The van der Waals surface area contributed by atoms with Crippen molar-refractivity contribution >= 4 is 11.8 Å². The van der Waals surface area contributed by atoms with E-state index < -0.39 is 6.10 Å². The van der Waals surface area contributed by atoms with E-state index in [1.54, 1.807) is 11.8 Å². The molecule has 0 bridgehead atoms. The molecule has 1 fully saturated rings. The van der Waals surface area contributed by atoms with E-state index in [1.807, 2.05) is 6.92 Å². The van der Waals surface area contributed by atoms with Gasteiger partial charge in [0.25, 0.3) is 0 Å². The number of carbonyl (C=O) groups is 2. The van der Waals surface area contributed by atoms with E-state index in [4.69, 9.17) is 0 Å². The van der Waals surface area contributed by atoms with Crippen molar-refractivity contribution in [2.24, 2.45) is 5.92 Å². The molecule has 1 atom stereocenters. The zero-order valence-corrected chi connectivity index (χ0v) is 11.3. The van der Waals surface area contributed by atoms with E-state index in [-0.39, 0.29) is 17.7 Å². The Morgan fingerprint density at radius 3 is 2.50 bits per heavy atom. The standard InChI is InChI=1S/C13H24N2O3/c1-3-4-12(17)9-14-13(18)11-5-7-15(8-6-11)10(2)16/h11-12,17H,3-9H2,1-2H3,(H,14,18). The van der Waals surface area contributed by atoms with Gasteiger partial charge in [0.1, 0.15) is 0 Å². The number of rotatable bonds is 5. The number of carbonyl (C=O) groups excluding carboxylic acids is 2. The predicted octanol–water partition coefficient (Wildman–Crippen LogP) is 0.522. The van der Waals surface area contributed by atoms with Gasteiger partial charge in [0.15, 0.2) is 0 Å². The monoisotopic (exact) mass is 256 g/mol. The summed E-state index contributed by atoms with van der Waals surface area (Å²) in [4.78, 5) is 24.8. The summed E-state index contributed by atoms with van der Waals surface area (Å²) >= 11 is 0. The lowest BCUT2D eigenvalue weighted by atomic mass is 9.96. The molecule has 1 unspecified atom stereocenters. The smallest absolute Gasteiger partial charge is 0.223 e. The molecule has 1 heterocycles. The van der Waals surface area contributed by atoms with Crippen LogP contribution in [0.5, 0.6) is 0 Å². The van der Waals surface area contributed by atoms with Crippen LogP contribution in [0.4, 0.5) is 0 Å². The average Bonchev–Trinajstić information content (AvgIpc) is 2.36. The van der Waals surface area contributed by atoms with Crippen LogP contribution in [0.25, 0.3) is 0 Å². The minimum Gasteiger partial charge on any atom is -0.391 e. The lowest BCUT2D eigenvalue weighted by Crippen LogP contribution is -2.43. The van der Waals surface area contributed by atoms with Crippen molar-refractivity contribution in [1.29, 1.82) is 0 Å². The Hall–Kier alpha value is -1.10. The molecule has 0 aromatic heterocycles. The molecule has 2 amide bonds. The molecule has 0 aromatic carbocycles. The maximum Gasteiger partial charge on any atom is 0.223 e. The van der Waals surface area contributed by atoms with Crippen LogP contribution in [0.15, 0.2) is 0 Å². The molecular weight excluding hydrogens is 232 g/mol. The number of amides is 2. The minimum atomic E-state index is -0.448. The fraction of sp³-hybridized carbons (Fsp3) is 0.846. The van der Waals surface area contributed by atoms with Crippen LogP contribution in [0.2, 0.25) is 0 Å². The summed E-state index contributed by atoms with van der Waals surface area (Å²) in [5.41, 5.74) is 0. The van der Waals surface area contributed by atoms with Gasteiger partial charge in [-0.05, 0) is 19.3 Å². The Morgan fingerprint density at radius 1 is 1.39 bits per heavy atom. The van der Waals surface area contributed by atoms with Crippen LogP contribution in [-0.4, -0.2) is 47.6 Å². The molecule has 104 valence electrons. The molecule has 5 heteroatoms. The number of piperidine rings is 1. The quantitative estimate of drug-likeness (QED) is 0.753. The van der Waals surface area contributed by atoms with E-state index in [0.29, 0.717) is 26.1 Å². The first-order chi connectivity index (χ1) is 8.54. The highest BCUT2D eigenvalue weighted by atomic mass is 16.3. The van der Waals surface area contributed by atoms with Crippen molar-refractivity contribution < 1.29 is 14.7 Å². The van der Waals surface area contributed by atoms with Gasteiger partial charge < -0.3 is 15.3 Å². The average molecular weight is 256 g/mol. The van der Waals surface area contributed by atoms with Gasteiger partial charge in [-0.2, -0.15) is 0 Å². The zero-order valence-electron chi connectivity index (χ0n) is 11.3. The Labute approximate surface area is 109 Å². The summed E-state index contributed by atoms with van der Waals surface area (Å²) < 4.78 is 0. The third kappa shape index (κ3) is 4.64. The molecule has 0 saturated carbocycles. The van der Waals surface area contributed by atoms with Gasteiger partial charge in [-0.3, -0.25) is 9.59 Å². The summed E-state index contributed by atoms with van der Waals surface area (Å²) in [6.45, 7) is 5.21. The Balaban J connectivity index is 2.25. The van der Waals surface area contributed by atoms with Crippen LogP contribution >= 0.6 is 0 Å². The molecule has 0 radical (unpaired) electrons. The number of nitrogens with zero attached hydrogens (tertiary/aromatic N) is 1. The number of nitrogens with one attached hydrogen (secondary N) is 1. The van der Waals surface area contributed by atoms with E-state index in [1.165, 1.54) is 0 Å². The Bertz CT molecular complexity index is 286. The largest absolute Gasteiger partial charge is 0.391 e. The molecule has 1 rings (SSSR count). The maximum absolute atomic E-state index is 11.9. The van der Waals surface area contributed by atoms with Crippen LogP contribution in [-0.2, 0) is 9.59 Å². The molecule has 0 aromatic rings. The van der Waals surface area contributed by atoms with Crippen molar-refractivity contribution in [3.05, 3.63) is 0 Å². The lowest BCUT2D eigenvalue weighted by Gasteiger charge is -2.30. The number of aliphatic hydroxyl groups excluding tert-OH is 1. The highest BCUT2D eigenvalue weighted by Crippen LogP contribution is 2.17. The van der Waals surface area contributed by atoms with Gasteiger partial charge in [-0.25, -0.2) is 0 Å². The van der Waals surface area contributed by atoms with Gasteiger partial charge in [0.05, 0.1) is 6.10 Å². The first-order valence-corrected chi connectivity index (χ1v) is 6.75. The molecule has 2 N–H and O–H groups in total. The van der Waals surface area contributed by atoms with Crippen molar-refractivity contribution in [2.45, 2.75) is 45.6 Å². The van der Waals surface area contributed by atoms with E-state index >= 15 is 0 Å². The number of aliphatic hydroxyl groups is 1. The number of hydrogen-bond acceptors (Lipinski definition) is 3.